The van der Waals surface area contributed by atoms with Gasteiger partial charge >= 0.3 is 0 Å². The van der Waals surface area contributed by atoms with Crippen LogP contribution in [0.25, 0.3) is 0 Å². The van der Waals surface area contributed by atoms with E-state index in [4.69, 9.17) is 0 Å². The van der Waals surface area contributed by atoms with Crippen LogP contribution in [0.2, 0.25) is 0 Å². The molecule has 1 aromatic rings. The van der Waals surface area contributed by atoms with E-state index >= 15 is 0 Å². The van der Waals surface area contributed by atoms with E-state index < -0.39 is 0 Å². The molecule has 98 valence electrons. The van der Waals surface area contributed by atoms with Crippen LogP contribution < -0.4 is 10.6 Å². The maximum atomic E-state index is 11.7. The summed E-state index contributed by atoms with van der Waals surface area (Å²) in [4.78, 5) is 23.4. The van der Waals surface area contributed by atoms with Crippen molar-refractivity contribution in [2.24, 2.45) is 0 Å². The molecule has 3 N–H and O–H groups in total. The van der Waals surface area contributed by atoms with E-state index in [-0.39, 0.29) is 17.9 Å². The van der Waals surface area contributed by atoms with E-state index in [9.17, 15) is 9.59 Å². The smallest absolute Gasteiger partial charge is 0.242 e. The van der Waals surface area contributed by atoms with Crippen LogP contribution in [0.5, 0.6) is 0 Å². The van der Waals surface area contributed by atoms with E-state index in [1.54, 1.807) is 12.4 Å². The minimum atomic E-state index is -0.371. The topological polar surface area (TPSA) is 86.9 Å². The summed E-state index contributed by atoms with van der Waals surface area (Å²) >= 11 is 0. The van der Waals surface area contributed by atoms with Crippen LogP contribution in [0.3, 0.4) is 0 Å². The quantitative estimate of drug-likeness (QED) is 0.709. The highest BCUT2D eigenvalue weighted by atomic mass is 16.2. The number of H-pyrrole nitrogens is 1. The van der Waals surface area contributed by atoms with Crippen LogP contribution in [-0.2, 0) is 16.0 Å². The molecule has 1 saturated heterocycles. The normalized spacial score (nSPS) is 20.0. The summed E-state index contributed by atoms with van der Waals surface area (Å²) in [5.74, 6) is -0.151. The van der Waals surface area contributed by atoms with Crippen LogP contribution >= 0.6 is 0 Å². The Balaban J connectivity index is 1.77. The van der Waals surface area contributed by atoms with Gasteiger partial charge in [-0.3, -0.25) is 14.7 Å². The SMILES string of the molecule is O=C(CCc1cn[nH]c1)NC1CCCCNC1=O. The van der Waals surface area contributed by atoms with Gasteiger partial charge in [0.15, 0.2) is 0 Å². The van der Waals surface area contributed by atoms with Crippen molar-refractivity contribution < 1.29 is 9.59 Å². The lowest BCUT2D eigenvalue weighted by Crippen LogP contribution is -2.45. The third kappa shape index (κ3) is 3.58. The predicted molar refractivity (Wildman–Crippen MR) is 65.7 cm³/mol. The fourth-order valence-electron chi connectivity index (χ4n) is 2.02. The number of nitrogens with zero attached hydrogens (tertiary/aromatic N) is 1. The lowest BCUT2D eigenvalue weighted by molar-refractivity contribution is -0.128. The molecular formula is C12H18N4O2. The maximum Gasteiger partial charge on any atom is 0.242 e. The number of rotatable bonds is 4. The van der Waals surface area contributed by atoms with E-state index in [1.165, 1.54) is 0 Å². The summed E-state index contributed by atoms with van der Waals surface area (Å²) < 4.78 is 0. The van der Waals surface area contributed by atoms with E-state index in [1.807, 2.05) is 0 Å². The highest BCUT2D eigenvalue weighted by Gasteiger charge is 2.21. The van der Waals surface area contributed by atoms with Crippen molar-refractivity contribution in [1.29, 1.82) is 0 Å². The van der Waals surface area contributed by atoms with Gasteiger partial charge in [-0.1, -0.05) is 0 Å². The van der Waals surface area contributed by atoms with Crippen molar-refractivity contribution in [3.05, 3.63) is 18.0 Å². The van der Waals surface area contributed by atoms with Crippen LogP contribution in [-0.4, -0.2) is 34.6 Å². The average molecular weight is 250 g/mol. The standard InChI is InChI=1S/C12H18N4O2/c17-11(5-4-9-7-14-15-8-9)16-10-3-1-2-6-13-12(10)18/h7-8,10H,1-6H2,(H,13,18)(H,14,15)(H,16,17). The first-order chi connectivity index (χ1) is 8.75. The van der Waals surface area contributed by atoms with Crippen molar-refractivity contribution >= 4 is 11.8 Å². The molecule has 1 aliphatic heterocycles. The predicted octanol–water partition coefficient (Wildman–Crippen LogP) is 0.127. The Hall–Kier alpha value is -1.85. The van der Waals surface area contributed by atoms with Gasteiger partial charge in [0.25, 0.3) is 0 Å². The molecule has 2 rings (SSSR count). The minimum Gasteiger partial charge on any atom is -0.354 e. The second-order valence-electron chi connectivity index (χ2n) is 4.51. The highest BCUT2D eigenvalue weighted by molar-refractivity contribution is 5.87. The number of aromatic nitrogens is 2. The molecule has 1 aromatic heterocycles. The summed E-state index contributed by atoms with van der Waals surface area (Å²) in [6.07, 6.45) is 7.15. The first-order valence-corrected chi connectivity index (χ1v) is 6.30. The molecule has 0 saturated carbocycles. The largest absolute Gasteiger partial charge is 0.354 e. The monoisotopic (exact) mass is 250 g/mol. The molecule has 18 heavy (non-hydrogen) atoms. The lowest BCUT2D eigenvalue weighted by atomic mass is 10.1. The van der Waals surface area contributed by atoms with Gasteiger partial charge in [-0.15, -0.1) is 0 Å². The Labute approximate surface area is 106 Å². The second-order valence-corrected chi connectivity index (χ2v) is 4.51. The van der Waals surface area contributed by atoms with Crippen LogP contribution in [0.4, 0.5) is 0 Å². The molecule has 2 heterocycles. The van der Waals surface area contributed by atoms with Gasteiger partial charge in [-0.2, -0.15) is 5.10 Å². The van der Waals surface area contributed by atoms with E-state index in [0.29, 0.717) is 19.4 Å². The molecule has 6 nitrogen and oxygen atoms in total. The maximum absolute atomic E-state index is 11.7. The number of hydrogen-bond acceptors (Lipinski definition) is 3. The van der Waals surface area contributed by atoms with Crippen LogP contribution in [0, 0.1) is 0 Å². The Kier molecular flexibility index (Phi) is 4.33. The lowest BCUT2D eigenvalue weighted by Gasteiger charge is -2.14. The number of hydrogen-bond donors (Lipinski definition) is 3. The Morgan fingerprint density at radius 1 is 1.50 bits per heavy atom. The zero-order chi connectivity index (χ0) is 12.8. The summed E-state index contributed by atoms with van der Waals surface area (Å²) in [5, 5.41) is 12.1. The van der Waals surface area contributed by atoms with Crippen molar-refractivity contribution in [3.8, 4) is 0 Å². The molecule has 1 aliphatic rings. The van der Waals surface area contributed by atoms with Crippen molar-refractivity contribution in [3.63, 3.8) is 0 Å². The Morgan fingerprint density at radius 2 is 2.39 bits per heavy atom. The minimum absolute atomic E-state index is 0.0656. The summed E-state index contributed by atoms with van der Waals surface area (Å²) in [6.45, 7) is 0.709. The van der Waals surface area contributed by atoms with Crippen molar-refractivity contribution in [2.75, 3.05) is 6.54 Å². The molecule has 0 radical (unpaired) electrons. The second kappa shape index (κ2) is 6.18. The third-order valence-corrected chi connectivity index (χ3v) is 3.07. The zero-order valence-electron chi connectivity index (χ0n) is 10.2. The number of aryl methyl sites for hydroxylation is 1. The third-order valence-electron chi connectivity index (χ3n) is 3.07. The molecule has 0 bridgehead atoms. The Morgan fingerprint density at radius 3 is 3.17 bits per heavy atom. The van der Waals surface area contributed by atoms with Gasteiger partial charge in [-0.25, -0.2) is 0 Å². The molecule has 6 heteroatoms. The number of carbonyl (C=O) groups excluding carboxylic acids is 2. The number of amides is 2. The molecule has 1 unspecified atom stereocenters. The van der Waals surface area contributed by atoms with Gasteiger partial charge in [0.2, 0.25) is 11.8 Å². The summed E-state index contributed by atoms with van der Waals surface area (Å²) in [7, 11) is 0. The van der Waals surface area contributed by atoms with E-state index in [2.05, 4.69) is 20.8 Å². The van der Waals surface area contributed by atoms with Crippen molar-refractivity contribution in [1.82, 2.24) is 20.8 Å². The number of aromatic amines is 1. The fourth-order valence-corrected chi connectivity index (χ4v) is 2.02. The van der Waals surface area contributed by atoms with Gasteiger partial charge in [0.05, 0.1) is 6.20 Å². The fraction of sp³-hybridized carbons (Fsp3) is 0.583. The number of carbonyl (C=O) groups is 2. The van der Waals surface area contributed by atoms with Crippen LogP contribution in [0.15, 0.2) is 12.4 Å². The van der Waals surface area contributed by atoms with E-state index in [0.717, 1.165) is 24.8 Å². The highest BCUT2D eigenvalue weighted by Crippen LogP contribution is 2.06. The molecule has 1 fully saturated rings. The molecule has 0 spiro atoms. The number of nitrogens with one attached hydrogen (secondary N) is 3. The van der Waals surface area contributed by atoms with Gasteiger partial charge in [0.1, 0.15) is 6.04 Å². The Bertz CT molecular complexity index is 402. The molecule has 0 aromatic carbocycles. The van der Waals surface area contributed by atoms with Crippen molar-refractivity contribution in [2.45, 2.75) is 38.1 Å². The summed E-state index contributed by atoms with van der Waals surface area (Å²) in [6, 6.07) is -0.371. The van der Waals surface area contributed by atoms with Gasteiger partial charge in [-0.05, 0) is 31.2 Å². The summed E-state index contributed by atoms with van der Waals surface area (Å²) in [5.41, 5.74) is 0.996. The van der Waals surface area contributed by atoms with Gasteiger partial charge < -0.3 is 10.6 Å². The average Bonchev–Trinajstić information content (AvgIpc) is 2.80. The molecule has 2 amide bonds. The first kappa shape index (κ1) is 12.6. The molecule has 1 atom stereocenters. The molecular weight excluding hydrogens is 232 g/mol. The molecule has 0 aliphatic carbocycles. The van der Waals surface area contributed by atoms with Gasteiger partial charge in [0, 0.05) is 19.2 Å². The first-order valence-electron chi connectivity index (χ1n) is 6.30. The van der Waals surface area contributed by atoms with Crippen LogP contribution in [0.1, 0.15) is 31.2 Å². The zero-order valence-corrected chi connectivity index (χ0v) is 10.2.